The Morgan fingerprint density at radius 1 is 0.500 bits per heavy atom. The number of nitrogens with one attached hydrogen (secondary N) is 1. The van der Waals surface area contributed by atoms with E-state index in [0.717, 1.165) is 51.4 Å². The molecule has 0 aromatic heterocycles. The van der Waals surface area contributed by atoms with Gasteiger partial charge in [0.15, 0.2) is 0 Å². The maximum absolute atomic E-state index is 12.9. The van der Waals surface area contributed by atoms with Crippen molar-refractivity contribution in [3.63, 3.8) is 0 Å². The standard InChI is InChI=1S/C61H119N2O6P/c1-6-8-10-12-14-16-18-19-20-21-22-23-24-25-26-27-28-29-30-31-32-33-34-35-36-37-38-39-40-41-42-43-45-47-49-51-53-55-61(65)62-59(58-69-70(66,67)68-57-56-63(3,4)5)60(64)54-52-50-48-46-44-17-15-13-11-9-7-2/h18-19,21-22,24-25,59-60,64H,6-17,20,23,26-58H2,1-5H3,(H-,62,65,66,67)/b19-18-,22-21-,25-24-. The third-order valence-corrected chi connectivity index (χ3v) is 14.8. The van der Waals surface area contributed by atoms with E-state index in [1.807, 2.05) is 21.1 Å². The summed E-state index contributed by atoms with van der Waals surface area (Å²) in [6, 6.07) is -0.797. The first-order valence-corrected chi connectivity index (χ1v) is 31.8. The molecule has 0 radical (unpaired) electrons. The Morgan fingerprint density at radius 2 is 0.829 bits per heavy atom. The lowest BCUT2D eigenvalue weighted by atomic mass is 10.0. The average molecular weight is 1010 g/mol. The van der Waals surface area contributed by atoms with Gasteiger partial charge in [-0.2, -0.15) is 0 Å². The number of hydrogen-bond donors (Lipinski definition) is 2. The number of carbonyl (C=O) groups excluding carboxylic acids is 1. The van der Waals surface area contributed by atoms with Crippen molar-refractivity contribution in [3.8, 4) is 0 Å². The van der Waals surface area contributed by atoms with Crippen LogP contribution in [0.1, 0.15) is 296 Å². The number of hydrogen-bond acceptors (Lipinski definition) is 6. The van der Waals surface area contributed by atoms with Gasteiger partial charge in [-0.05, 0) is 51.4 Å². The number of quaternary nitrogens is 1. The van der Waals surface area contributed by atoms with Crippen LogP contribution >= 0.6 is 7.82 Å². The van der Waals surface area contributed by atoms with Crippen LogP contribution in [-0.2, 0) is 18.4 Å². The molecular formula is C61H119N2O6P. The van der Waals surface area contributed by atoms with Crippen LogP contribution < -0.4 is 10.2 Å². The number of phosphoric acid groups is 1. The summed E-state index contributed by atoms with van der Waals surface area (Å²) >= 11 is 0. The number of aliphatic hydroxyl groups excluding tert-OH is 1. The maximum Gasteiger partial charge on any atom is 0.268 e. The summed E-state index contributed by atoms with van der Waals surface area (Å²) in [4.78, 5) is 25.5. The Morgan fingerprint density at radius 3 is 1.20 bits per heavy atom. The van der Waals surface area contributed by atoms with Gasteiger partial charge in [-0.15, -0.1) is 0 Å². The van der Waals surface area contributed by atoms with Gasteiger partial charge in [0.2, 0.25) is 5.91 Å². The second-order valence-electron chi connectivity index (χ2n) is 22.1. The molecule has 414 valence electrons. The number of nitrogens with zero attached hydrogens (tertiary/aromatic N) is 1. The molecule has 0 aromatic rings. The second-order valence-corrected chi connectivity index (χ2v) is 23.5. The smallest absolute Gasteiger partial charge is 0.268 e. The predicted octanol–water partition coefficient (Wildman–Crippen LogP) is 17.9. The van der Waals surface area contributed by atoms with E-state index in [1.54, 1.807) is 0 Å². The minimum absolute atomic E-state index is 0.0140. The number of allylic oxidation sites excluding steroid dienone is 6. The van der Waals surface area contributed by atoms with Gasteiger partial charge in [0, 0.05) is 6.42 Å². The summed E-state index contributed by atoms with van der Waals surface area (Å²) in [5.41, 5.74) is 0. The fourth-order valence-electron chi connectivity index (χ4n) is 9.11. The molecule has 0 aromatic carbocycles. The fraction of sp³-hybridized carbons (Fsp3) is 0.885. The molecule has 9 heteroatoms. The van der Waals surface area contributed by atoms with Crippen LogP contribution in [0.4, 0.5) is 0 Å². The minimum atomic E-state index is -4.56. The molecule has 0 aliphatic rings. The zero-order valence-electron chi connectivity index (χ0n) is 47.2. The molecule has 3 atom stereocenters. The Bertz CT molecular complexity index is 1230. The van der Waals surface area contributed by atoms with E-state index in [0.29, 0.717) is 23.9 Å². The first-order valence-electron chi connectivity index (χ1n) is 30.3. The van der Waals surface area contributed by atoms with Crippen LogP contribution in [0, 0.1) is 0 Å². The highest BCUT2D eigenvalue weighted by molar-refractivity contribution is 7.45. The van der Waals surface area contributed by atoms with Crippen LogP contribution in [0.25, 0.3) is 0 Å². The zero-order valence-corrected chi connectivity index (χ0v) is 48.1. The van der Waals surface area contributed by atoms with E-state index in [-0.39, 0.29) is 19.1 Å². The van der Waals surface area contributed by atoms with Crippen molar-refractivity contribution in [3.05, 3.63) is 36.5 Å². The normalized spacial score (nSPS) is 14.1. The minimum Gasteiger partial charge on any atom is -0.756 e. The summed E-state index contributed by atoms with van der Waals surface area (Å²) in [6.45, 7) is 4.72. The summed E-state index contributed by atoms with van der Waals surface area (Å²) in [5.74, 6) is -0.161. The van der Waals surface area contributed by atoms with Crippen molar-refractivity contribution in [2.24, 2.45) is 0 Å². The molecule has 0 fully saturated rings. The molecule has 0 aliphatic carbocycles. The van der Waals surface area contributed by atoms with Crippen LogP contribution in [0.2, 0.25) is 0 Å². The number of carbonyl (C=O) groups is 1. The van der Waals surface area contributed by atoms with E-state index in [2.05, 4.69) is 55.6 Å². The van der Waals surface area contributed by atoms with Crippen LogP contribution in [0.15, 0.2) is 36.5 Å². The molecule has 0 rings (SSSR count). The number of aliphatic hydroxyl groups is 1. The van der Waals surface area contributed by atoms with Crippen molar-refractivity contribution < 1.29 is 32.9 Å². The van der Waals surface area contributed by atoms with E-state index in [1.165, 1.54) is 218 Å². The van der Waals surface area contributed by atoms with E-state index in [9.17, 15) is 19.4 Å². The number of rotatable bonds is 56. The Labute approximate surface area is 436 Å². The SMILES string of the molecule is CCCCCCC/C=C\C/C=C\C/C=C\CCCCCCCCCCCCCCCCCCCCCCCCC(=O)NC(COP(=O)([O-])OCC[N+](C)(C)C)C(O)CCCCCCCCCCCCC. The molecule has 0 spiro atoms. The predicted molar refractivity (Wildman–Crippen MR) is 302 cm³/mol. The number of phosphoric ester groups is 1. The molecule has 0 bridgehead atoms. The van der Waals surface area contributed by atoms with E-state index >= 15 is 0 Å². The molecule has 2 N–H and O–H groups in total. The lowest BCUT2D eigenvalue weighted by Gasteiger charge is -2.30. The van der Waals surface area contributed by atoms with Gasteiger partial charge < -0.3 is 28.8 Å². The summed E-state index contributed by atoms with van der Waals surface area (Å²) in [6.07, 6.45) is 67.8. The lowest BCUT2D eigenvalue weighted by Crippen LogP contribution is -2.46. The van der Waals surface area contributed by atoms with Gasteiger partial charge in [-0.3, -0.25) is 9.36 Å². The van der Waals surface area contributed by atoms with Crippen molar-refractivity contribution >= 4 is 13.7 Å². The molecule has 8 nitrogen and oxygen atoms in total. The molecular weight excluding hydrogens is 888 g/mol. The molecule has 0 saturated carbocycles. The zero-order chi connectivity index (χ0) is 51.3. The molecule has 0 saturated heterocycles. The van der Waals surface area contributed by atoms with Crippen molar-refractivity contribution in [1.82, 2.24) is 5.32 Å². The highest BCUT2D eigenvalue weighted by atomic mass is 31.2. The quantitative estimate of drug-likeness (QED) is 0.0272. The highest BCUT2D eigenvalue weighted by Gasteiger charge is 2.24. The van der Waals surface area contributed by atoms with Gasteiger partial charge in [0.05, 0.1) is 39.9 Å². The van der Waals surface area contributed by atoms with Crippen molar-refractivity contribution in [1.29, 1.82) is 0 Å². The highest BCUT2D eigenvalue weighted by Crippen LogP contribution is 2.38. The first-order chi connectivity index (χ1) is 34.0. The average Bonchev–Trinajstić information content (AvgIpc) is 3.32. The third kappa shape index (κ3) is 54.5. The lowest BCUT2D eigenvalue weighted by molar-refractivity contribution is -0.870. The van der Waals surface area contributed by atoms with Crippen LogP contribution in [-0.4, -0.2) is 68.5 Å². The molecule has 0 aliphatic heterocycles. The van der Waals surface area contributed by atoms with Gasteiger partial charge in [-0.1, -0.05) is 275 Å². The second kappa shape index (κ2) is 52.6. The Balaban J connectivity index is 3.86. The van der Waals surface area contributed by atoms with Gasteiger partial charge >= 0.3 is 0 Å². The third-order valence-electron chi connectivity index (χ3n) is 13.9. The molecule has 3 unspecified atom stereocenters. The fourth-order valence-corrected chi connectivity index (χ4v) is 9.83. The molecule has 0 heterocycles. The van der Waals surface area contributed by atoms with Gasteiger partial charge in [0.25, 0.3) is 7.82 Å². The molecule has 1 amide bonds. The van der Waals surface area contributed by atoms with Crippen LogP contribution in [0.5, 0.6) is 0 Å². The van der Waals surface area contributed by atoms with Gasteiger partial charge in [-0.25, -0.2) is 0 Å². The maximum atomic E-state index is 12.9. The monoisotopic (exact) mass is 1010 g/mol. The summed E-state index contributed by atoms with van der Waals surface area (Å²) < 4.78 is 23.3. The largest absolute Gasteiger partial charge is 0.756 e. The van der Waals surface area contributed by atoms with Crippen LogP contribution in [0.3, 0.4) is 0 Å². The van der Waals surface area contributed by atoms with E-state index < -0.39 is 20.0 Å². The number of unbranched alkanes of at least 4 members (excludes halogenated alkanes) is 37. The Hall–Kier alpha value is -1.28. The number of amides is 1. The van der Waals surface area contributed by atoms with Crippen molar-refractivity contribution in [2.75, 3.05) is 40.9 Å². The van der Waals surface area contributed by atoms with E-state index in [4.69, 9.17) is 9.05 Å². The first kappa shape index (κ1) is 68.7. The summed E-state index contributed by atoms with van der Waals surface area (Å²) in [7, 11) is 1.31. The summed E-state index contributed by atoms with van der Waals surface area (Å²) in [5, 5.41) is 14.0. The Kier molecular flexibility index (Phi) is 51.6. The molecule has 70 heavy (non-hydrogen) atoms. The van der Waals surface area contributed by atoms with Crippen molar-refractivity contribution in [2.45, 2.75) is 309 Å². The van der Waals surface area contributed by atoms with Gasteiger partial charge in [0.1, 0.15) is 13.2 Å². The topological polar surface area (TPSA) is 108 Å². The number of likely N-dealkylation sites (N-methyl/N-ethyl adjacent to an activating group) is 1.